The lowest BCUT2D eigenvalue weighted by Gasteiger charge is -2.34. The highest BCUT2D eigenvalue weighted by molar-refractivity contribution is 7.92. The molecule has 1 spiro atoms. The average molecular weight is 288 g/mol. The van der Waals surface area contributed by atoms with E-state index in [2.05, 4.69) is 5.32 Å². The molecule has 19 heavy (non-hydrogen) atoms. The second-order valence-electron chi connectivity index (χ2n) is 6.51. The lowest BCUT2D eigenvalue weighted by atomic mass is 9.78. The van der Waals surface area contributed by atoms with E-state index in [0.29, 0.717) is 13.1 Å². The predicted octanol–water partition coefficient (Wildman–Crippen LogP) is 0.412. The molecular formula is C13H24N2O3S. The molecule has 0 unspecified atom stereocenters. The fraction of sp³-hybridized carbons (Fsp3) is 0.923. The molecule has 2 heterocycles. The number of hydrogen-bond donors (Lipinski definition) is 1. The Bertz CT molecular complexity index is 464. The quantitative estimate of drug-likeness (QED) is 0.799. The Balaban J connectivity index is 2.11. The van der Waals surface area contributed by atoms with Gasteiger partial charge in [-0.3, -0.25) is 4.79 Å². The van der Waals surface area contributed by atoms with Crippen molar-refractivity contribution < 1.29 is 13.2 Å². The van der Waals surface area contributed by atoms with Gasteiger partial charge in [0.15, 0.2) is 9.84 Å². The number of sulfone groups is 1. The maximum absolute atomic E-state index is 12.5. The van der Waals surface area contributed by atoms with Crippen LogP contribution >= 0.6 is 0 Å². The zero-order chi connectivity index (χ0) is 14.3. The number of nitrogens with zero attached hydrogens (tertiary/aromatic N) is 1. The van der Waals surface area contributed by atoms with Gasteiger partial charge < -0.3 is 10.2 Å². The second kappa shape index (κ2) is 4.74. The number of piperidine rings is 1. The van der Waals surface area contributed by atoms with Gasteiger partial charge in [-0.25, -0.2) is 8.42 Å². The SMILES string of the molecule is CC(C)(C(=O)N1CCC2(CCNCC2)C1)S(C)(=O)=O. The first-order chi connectivity index (χ1) is 8.68. The van der Waals surface area contributed by atoms with Gasteiger partial charge in [-0.15, -0.1) is 0 Å². The number of amides is 1. The van der Waals surface area contributed by atoms with E-state index in [0.717, 1.165) is 38.6 Å². The Hall–Kier alpha value is -0.620. The van der Waals surface area contributed by atoms with E-state index in [4.69, 9.17) is 0 Å². The molecule has 2 fully saturated rings. The molecule has 0 aromatic carbocycles. The lowest BCUT2D eigenvalue weighted by Crippen LogP contribution is -2.50. The van der Waals surface area contributed by atoms with Gasteiger partial charge >= 0.3 is 0 Å². The molecule has 0 aromatic heterocycles. The summed E-state index contributed by atoms with van der Waals surface area (Å²) in [6.07, 6.45) is 4.30. The summed E-state index contributed by atoms with van der Waals surface area (Å²) in [5, 5.41) is 3.34. The Kier molecular flexibility index (Phi) is 3.68. The van der Waals surface area contributed by atoms with Gasteiger partial charge in [0.25, 0.3) is 0 Å². The third-order valence-corrected chi connectivity index (χ3v) is 6.86. The van der Waals surface area contributed by atoms with E-state index in [9.17, 15) is 13.2 Å². The van der Waals surface area contributed by atoms with E-state index in [1.165, 1.54) is 13.8 Å². The molecule has 5 nitrogen and oxygen atoms in total. The Morgan fingerprint density at radius 1 is 1.21 bits per heavy atom. The number of hydrogen-bond acceptors (Lipinski definition) is 4. The molecular weight excluding hydrogens is 264 g/mol. The van der Waals surface area contributed by atoms with E-state index in [1.54, 1.807) is 4.90 Å². The minimum absolute atomic E-state index is 0.217. The Morgan fingerprint density at radius 2 is 1.79 bits per heavy atom. The first-order valence-corrected chi connectivity index (χ1v) is 8.77. The van der Waals surface area contributed by atoms with Crippen LogP contribution in [0.4, 0.5) is 0 Å². The van der Waals surface area contributed by atoms with Crippen molar-refractivity contribution >= 4 is 15.7 Å². The molecule has 0 atom stereocenters. The van der Waals surface area contributed by atoms with Crippen LogP contribution in [-0.4, -0.2) is 56.4 Å². The second-order valence-corrected chi connectivity index (χ2v) is 9.07. The van der Waals surface area contributed by atoms with Gasteiger partial charge in [0.2, 0.25) is 5.91 Å². The van der Waals surface area contributed by atoms with Crippen molar-refractivity contribution in [3.05, 3.63) is 0 Å². The molecule has 0 bridgehead atoms. The van der Waals surface area contributed by atoms with Crippen molar-refractivity contribution in [1.29, 1.82) is 0 Å². The Labute approximate surface area is 115 Å². The van der Waals surface area contributed by atoms with Crippen molar-refractivity contribution in [2.45, 2.75) is 37.9 Å². The minimum atomic E-state index is -3.38. The monoisotopic (exact) mass is 288 g/mol. The van der Waals surface area contributed by atoms with Crippen LogP contribution in [-0.2, 0) is 14.6 Å². The van der Waals surface area contributed by atoms with Crippen LogP contribution in [0.3, 0.4) is 0 Å². The molecule has 6 heteroatoms. The molecule has 1 N–H and O–H groups in total. The summed E-state index contributed by atoms with van der Waals surface area (Å²) in [7, 11) is -3.38. The topological polar surface area (TPSA) is 66.5 Å². The smallest absolute Gasteiger partial charge is 0.243 e. The standard InChI is InChI=1S/C13H24N2O3S/c1-12(2,19(3,17)18)11(16)15-9-6-13(10-15)4-7-14-8-5-13/h14H,4-10H2,1-3H3. The Morgan fingerprint density at radius 3 is 2.32 bits per heavy atom. The largest absolute Gasteiger partial charge is 0.341 e. The lowest BCUT2D eigenvalue weighted by molar-refractivity contribution is -0.132. The maximum atomic E-state index is 12.5. The number of likely N-dealkylation sites (tertiary alicyclic amines) is 1. The van der Waals surface area contributed by atoms with Crippen LogP contribution in [0.5, 0.6) is 0 Å². The van der Waals surface area contributed by atoms with Crippen LogP contribution in [0.15, 0.2) is 0 Å². The van der Waals surface area contributed by atoms with E-state index in [1.807, 2.05) is 0 Å². The van der Waals surface area contributed by atoms with E-state index < -0.39 is 14.6 Å². The summed E-state index contributed by atoms with van der Waals surface area (Å²) >= 11 is 0. The first kappa shape index (κ1) is 14.8. The normalized spacial score (nSPS) is 23.8. The van der Waals surface area contributed by atoms with Crippen molar-refractivity contribution in [2.24, 2.45) is 5.41 Å². The first-order valence-electron chi connectivity index (χ1n) is 6.88. The zero-order valence-electron chi connectivity index (χ0n) is 12.0. The van der Waals surface area contributed by atoms with Crippen LogP contribution < -0.4 is 5.32 Å². The molecule has 0 aromatic rings. The fourth-order valence-electron chi connectivity index (χ4n) is 3.01. The zero-order valence-corrected chi connectivity index (χ0v) is 12.8. The van der Waals surface area contributed by atoms with Gasteiger partial charge in [0.1, 0.15) is 4.75 Å². The van der Waals surface area contributed by atoms with Crippen LogP contribution in [0.25, 0.3) is 0 Å². The molecule has 0 radical (unpaired) electrons. The van der Waals surface area contributed by atoms with Gasteiger partial charge in [-0.05, 0) is 51.6 Å². The molecule has 2 saturated heterocycles. The summed E-state index contributed by atoms with van der Waals surface area (Å²) in [6, 6.07) is 0. The van der Waals surface area contributed by atoms with Crippen LogP contribution in [0, 0.1) is 5.41 Å². The molecule has 0 saturated carbocycles. The number of nitrogens with one attached hydrogen (secondary N) is 1. The van der Waals surface area contributed by atoms with Gasteiger partial charge in [-0.2, -0.15) is 0 Å². The van der Waals surface area contributed by atoms with Crippen molar-refractivity contribution in [2.75, 3.05) is 32.4 Å². The molecule has 1 amide bonds. The molecule has 2 aliphatic rings. The predicted molar refractivity (Wildman–Crippen MR) is 74.7 cm³/mol. The fourth-order valence-corrected chi connectivity index (χ4v) is 3.46. The van der Waals surface area contributed by atoms with Gasteiger partial charge in [0, 0.05) is 19.3 Å². The maximum Gasteiger partial charge on any atom is 0.243 e. The third-order valence-electron chi connectivity index (χ3n) is 4.83. The van der Waals surface area contributed by atoms with Gasteiger partial charge in [-0.1, -0.05) is 0 Å². The molecule has 2 aliphatic heterocycles. The van der Waals surface area contributed by atoms with E-state index >= 15 is 0 Å². The third kappa shape index (κ3) is 2.65. The van der Waals surface area contributed by atoms with E-state index in [-0.39, 0.29) is 11.3 Å². The van der Waals surface area contributed by atoms with Crippen LogP contribution in [0.1, 0.15) is 33.1 Å². The summed E-state index contributed by atoms with van der Waals surface area (Å²) in [4.78, 5) is 14.2. The van der Waals surface area contributed by atoms with Crippen molar-refractivity contribution in [1.82, 2.24) is 10.2 Å². The molecule has 2 rings (SSSR count). The molecule has 0 aliphatic carbocycles. The highest BCUT2D eigenvalue weighted by Crippen LogP contribution is 2.39. The minimum Gasteiger partial charge on any atom is -0.341 e. The highest BCUT2D eigenvalue weighted by Gasteiger charge is 2.47. The van der Waals surface area contributed by atoms with Crippen molar-refractivity contribution in [3.8, 4) is 0 Å². The summed E-state index contributed by atoms with van der Waals surface area (Å²) < 4.78 is 22.2. The molecule has 110 valence electrons. The van der Waals surface area contributed by atoms with Crippen molar-refractivity contribution in [3.63, 3.8) is 0 Å². The average Bonchev–Trinajstić information content (AvgIpc) is 2.71. The van der Waals surface area contributed by atoms with Crippen LogP contribution in [0.2, 0.25) is 0 Å². The summed E-state index contributed by atoms with van der Waals surface area (Å²) in [5.41, 5.74) is 0.217. The summed E-state index contributed by atoms with van der Waals surface area (Å²) in [5.74, 6) is -0.245. The van der Waals surface area contributed by atoms with Gasteiger partial charge in [0.05, 0.1) is 0 Å². The summed E-state index contributed by atoms with van der Waals surface area (Å²) in [6.45, 7) is 6.43. The number of carbonyl (C=O) groups excluding carboxylic acids is 1. The number of rotatable bonds is 2. The highest BCUT2D eigenvalue weighted by atomic mass is 32.2. The number of carbonyl (C=O) groups is 1.